The molecule has 0 radical (unpaired) electrons. The van der Waals surface area contributed by atoms with E-state index in [0.717, 1.165) is 5.56 Å². The van der Waals surface area contributed by atoms with Gasteiger partial charge in [-0.2, -0.15) is 0 Å². The SMILES string of the molecule is CC(=O)c1c(C)[nH]c(C(=O)CSc2nc3ccccc3c(=O)n2-c2cccc(C)c2)c1C. The van der Waals surface area contributed by atoms with E-state index in [1.54, 1.807) is 30.5 Å². The third-order valence-electron chi connectivity index (χ3n) is 5.41. The van der Waals surface area contributed by atoms with Crippen molar-refractivity contribution in [3.63, 3.8) is 0 Å². The highest BCUT2D eigenvalue weighted by Gasteiger charge is 2.21. The van der Waals surface area contributed by atoms with Gasteiger partial charge in [-0.05, 0) is 63.1 Å². The van der Waals surface area contributed by atoms with Gasteiger partial charge in [0.15, 0.2) is 16.7 Å². The first-order valence-corrected chi connectivity index (χ1v) is 11.2. The van der Waals surface area contributed by atoms with Crippen molar-refractivity contribution in [3.05, 3.63) is 87.0 Å². The number of hydrogen-bond acceptors (Lipinski definition) is 5. The molecule has 0 unspecified atom stereocenters. The molecule has 32 heavy (non-hydrogen) atoms. The summed E-state index contributed by atoms with van der Waals surface area (Å²) in [5, 5.41) is 0.965. The third-order valence-corrected chi connectivity index (χ3v) is 6.34. The van der Waals surface area contributed by atoms with Gasteiger partial charge in [0, 0.05) is 11.3 Å². The number of H-pyrrole nitrogens is 1. The molecule has 0 bridgehead atoms. The summed E-state index contributed by atoms with van der Waals surface area (Å²) in [7, 11) is 0. The highest BCUT2D eigenvalue weighted by atomic mass is 32.2. The first kappa shape index (κ1) is 21.8. The number of hydrogen-bond donors (Lipinski definition) is 1. The molecule has 0 saturated carbocycles. The molecule has 4 aromatic rings. The van der Waals surface area contributed by atoms with Crippen molar-refractivity contribution in [3.8, 4) is 5.69 Å². The molecular formula is C25H23N3O3S. The average molecular weight is 446 g/mol. The van der Waals surface area contributed by atoms with Gasteiger partial charge in [-0.25, -0.2) is 4.98 Å². The molecule has 0 aliphatic carbocycles. The summed E-state index contributed by atoms with van der Waals surface area (Å²) in [6.07, 6.45) is 0. The fraction of sp³-hybridized carbons (Fsp3) is 0.200. The molecular weight excluding hydrogens is 422 g/mol. The minimum absolute atomic E-state index is 0.0764. The molecule has 6 nitrogen and oxygen atoms in total. The number of ketones is 2. The van der Waals surface area contributed by atoms with E-state index in [0.29, 0.717) is 44.3 Å². The number of para-hydroxylation sites is 1. The highest BCUT2D eigenvalue weighted by molar-refractivity contribution is 7.99. The maximum absolute atomic E-state index is 13.3. The number of Topliss-reactive ketones (excluding diaryl/α,β-unsaturated/α-hetero) is 2. The first-order valence-electron chi connectivity index (χ1n) is 10.2. The van der Waals surface area contributed by atoms with Crippen LogP contribution >= 0.6 is 11.8 Å². The minimum Gasteiger partial charge on any atom is -0.355 e. The number of carbonyl (C=O) groups excluding carboxylic acids is 2. The fourth-order valence-electron chi connectivity index (χ4n) is 3.96. The summed E-state index contributed by atoms with van der Waals surface area (Å²) in [6, 6.07) is 14.8. The third kappa shape index (κ3) is 3.91. The van der Waals surface area contributed by atoms with Gasteiger partial charge in [-0.1, -0.05) is 36.0 Å². The molecule has 0 aliphatic rings. The number of thioether (sulfide) groups is 1. The number of aromatic amines is 1. The molecule has 7 heteroatoms. The van der Waals surface area contributed by atoms with Gasteiger partial charge in [0.2, 0.25) is 0 Å². The van der Waals surface area contributed by atoms with Gasteiger partial charge < -0.3 is 4.98 Å². The Kier molecular flexibility index (Phi) is 5.84. The Morgan fingerprint density at radius 2 is 1.81 bits per heavy atom. The van der Waals surface area contributed by atoms with E-state index in [2.05, 4.69) is 4.98 Å². The van der Waals surface area contributed by atoms with Crippen LogP contribution in [0.5, 0.6) is 0 Å². The number of benzene rings is 2. The van der Waals surface area contributed by atoms with Gasteiger partial charge in [-0.3, -0.25) is 19.0 Å². The first-order chi connectivity index (χ1) is 15.3. The van der Waals surface area contributed by atoms with Gasteiger partial charge in [0.05, 0.1) is 28.0 Å². The van der Waals surface area contributed by atoms with Crippen molar-refractivity contribution in [2.75, 3.05) is 5.75 Å². The van der Waals surface area contributed by atoms with Crippen molar-refractivity contribution in [1.29, 1.82) is 0 Å². The second kappa shape index (κ2) is 8.59. The van der Waals surface area contributed by atoms with Crippen LogP contribution in [0.15, 0.2) is 58.5 Å². The number of nitrogens with zero attached hydrogens (tertiary/aromatic N) is 2. The molecule has 162 valence electrons. The number of nitrogens with one attached hydrogen (secondary N) is 1. The van der Waals surface area contributed by atoms with Crippen LogP contribution in [-0.2, 0) is 0 Å². The van der Waals surface area contributed by atoms with Crippen LogP contribution in [0, 0.1) is 20.8 Å². The maximum atomic E-state index is 13.3. The van der Waals surface area contributed by atoms with Gasteiger partial charge in [0.1, 0.15) is 0 Å². The van der Waals surface area contributed by atoms with Crippen LogP contribution in [0.25, 0.3) is 16.6 Å². The molecule has 0 atom stereocenters. The summed E-state index contributed by atoms with van der Waals surface area (Å²) in [5.74, 6) is -0.150. The maximum Gasteiger partial charge on any atom is 0.266 e. The van der Waals surface area contributed by atoms with E-state index in [1.165, 1.54) is 18.7 Å². The quantitative estimate of drug-likeness (QED) is 0.261. The van der Waals surface area contributed by atoms with Crippen LogP contribution in [0.3, 0.4) is 0 Å². The molecule has 4 rings (SSSR count). The fourth-order valence-corrected chi connectivity index (χ4v) is 4.85. The van der Waals surface area contributed by atoms with E-state index < -0.39 is 0 Å². The van der Waals surface area contributed by atoms with Crippen molar-refractivity contribution in [2.24, 2.45) is 0 Å². The van der Waals surface area contributed by atoms with E-state index in [4.69, 9.17) is 4.98 Å². The summed E-state index contributed by atoms with van der Waals surface area (Å²) in [5.41, 5.74) is 4.44. The topological polar surface area (TPSA) is 84.8 Å². The average Bonchev–Trinajstić information content (AvgIpc) is 3.06. The van der Waals surface area contributed by atoms with Crippen molar-refractivity contribution in [1.82, 2.24) is 14.5 Å². The van der Waals surface area contributed by atoms with Crippen LogP contribution in [0.2, 0.25) is 0 Å². The lowest BCUT2D eigenvalue weighted by atomic mass is 10.1. The van der Waals surface area contributed by atoms with E-state index in [1.807, 2.05) is 43.3 Å². The summed E-state index contributed by atoms with van der Waals surface area (Å²) in [6.45, 7) is 7.01. The predicted octanol–water partition coefficient (Wildman–Crippen LogP) is 4.82. The molecule has 0 aliphatic heterocycles. The lowest BCUT2D eigenvalue weighted by Gasteiger charge is -2.13. The van der Waals surface area contributed by atoms with Crippen LogP contribution in [0.4, 0.5) is 0 Å². The Bertz CT molecular complexity index is 1430. The Balaban J connectivity index is 1.76. The summed E-state index contributed by atoms with van der Waals surface area (Å²) in [4.78, 5) is 46.0. The van der Waals surface area contributed by atoms with Crippen LogP contribution in [0.1, 0.15) is 44.6 Å². The van der Waals surface area contributed by atoms with Crippen molar-refractivity contribution >= 4 is 34.2 Å². The molecule has 2 aromatic carbocycles. The largest absolute Gasteiger partial charge is 0.355 e. The van der Waals surface area contributed by atoms with Crippen molar-refractivity contribution < 1.29 is 9.59 Å². The number of aromatic nitrogens is 3. The number of rotatable bonds is 6. The summed E-state index contributed by atoms with van der Waals surface area (Å²) < 4.78 is 1.56. The zero-order chi connectivity index (χ0) is 23.0. The lowest BCUT2D eigenvalue weighted by Crippen LogP contribution is -2.22. The highest BCUT2D eigenvalue weighted by Crippen LogP contribution is 2.25. The predicted molar refractivity (Wildman–Crippen MR) is 127 cm³/mol. The lowest BCUT2D eigenvalue weighted by molar-refractivity contribution is 0.101. The van der Waals surface area contributed by atoms with Crippen LogP contribution < -0.4 is 5.56 Å². The monoisotopic (exact) mass is 445 g/mol. The van der Waals surface area contributed by atoms with E-state index in [-0.39, 0.29) is 22.9 Å². The Morgan fingerprint density at radius 1 is 1.06 bits per heavy atom. The molecule has 0 spiro atoms. The molecule has 2 heterocycles. The second-order valence-electron chi connectivity index (χ2n) is 7.78. The smallest absolute Gasteiger partial charge is 0.266 e. The van der Waals surface area contributed by atoms with Gasteiger partial charge in [0.25, 0.3) is 5.56 Å². The number of fused-ring (bicyclic) bond motifs is 1. The standard InChI is InChI=1S/C25H23N3O3S/c1-14-8-7-9-18(12-14)28-24(31)19-10-5-6-11-20(19)27-25(28)32-13-21(30)23-15(2)22(17(4)29)16(3)26-23/h5-12,26H,13H2,1-4H3. The van der Waals surface area contributed by atoms with Gasteiger partial charge >= 0.3 is 0 Å². The zero-order valence-corrected chi connectivity index (χ0v) is 19.2. The number of carbonyl (C=O) groups is 2. The second-order valence-corrected chi connectivity index (χ2v) is 8.73. The zero-order valence-electron chi connectivity index (χ0n) is 18.4. The Hall–Kier alpha value is -3.45. The summed E-state index contributed by atoms with van der Waals surface area (Å²) >= 11 is 1.21. The molecule has 1 N–H and O–H groups in total. The normalized spacial score (nSPS) is 11.1. The van der Waals surface area contributed by atoms with Crippen LogP contribution in [-0.4, -0.2) is 31.9 Å². The van der Waals surface area contributed by atoms with Crippen molar-refractivity contribution in [2.45, 2.75) is 32.9 Å². The Morgan fingerprint density at radius 3 is 2.50 bits per heavy atom. The number of aryl methyl sites for hydroxylation is 2. The minimum atomic E-state index is -0.179. The molecule has 0 fully saturated rings. The molecule has 0 saturated heterocycles. The molecule has 0 amide bonds. The van der Waals surface area contributed by atoms with E-state index in [9.17, 15) is 14.4 Å². The van der Waals surface area contributed by atoms with E-state index >= 15 is 0 Å². The molecule has 2 aromatic heterocycles. The van der Waals surface area contributed by atoms with Gasteiger partial charge in [-0.15, -0.1) is 0 Å². The Labute approximate surface area is 189 Å².